The fourth-order valence-electron chi connectivity index (χ4n) is 2.75. The number of nitrogens with one attached hydrogen (secondary N) is 2. The van der Waals surface area contributed by atoms with Crippen molar-refractivity contribution in [2.75, 3.05) is 17.7 Å². The van der Waals surface area contributed by atoms with Crippen LogP contribution in [0.2, 0.25) is 0 Å². The molecular formula is C21H19F3N2O5. The van der Waals surface area contributed by atoms with Gasteiger partial charge in [0, 0.05) is 25.2 Å². The number of alkyl halides is 3. The molecule has 7 nitrogen and oxygen atoms in total. The van der Waals surface area contributed by atoms with Crippen molar-refractivity contribution in [3.63, 3.8) is 0 Å². The lowest BCUT2D eigenvalue weighted by molar-refractivity contribution is -0.222. The normalized spacial score (nSPS) is 15.6. The average molecular weight is 436 g/mol. The average Bonchev–Trinajstić information content (AvgIpc) is 2.66. The van der Waals surface area contributed by atoms with Crippen LogP contribution in [-0.2, 0) is 25.2 Å². The van der Waals surface area contributed by atoms with Crippen LogP contribution >= 0.6 is 0 Å². The lowest BCUT2D eigenvalue weighted by atomic mass is 10.1. The lowest BCUT2D eigenvalue weighted by Gasteiger charge is -2.31. The second-order valence-corrected chi connectivity index (χ2v) is 6.99. The smallest absolute Gasteiger partial charge is 0.416 e. The van der Waals surface area contributed by atoms with Crippen LogP contribution < -0.4 is 15.4 Å². The van der Waals surface area contributed by atoms with Crippen molar-refractivity contribution in [3.8, 4) is 5.75 Å². The highest BCUT2D eigenvalue weighted by Gasteiger charge is 2.41. The van der Waals surface area contributed by atoms with Gasteiger partial charge in [-0.15, -0.1) is 0 Å². The molecule has 0 bridgehead atoms. The number of anilines is 2. The number of ether oxygens (including phenoxy) is 3. The number of hydrogen-bond acceptors (Lipinski definition) is 7. The number of benzene rings is 2. The first-order chi connectivity index (χ1) is 14.5. The Labute approximate surface area is 175 Å². The first kappa shape index (κ1) is 22.0. The number of carbonyl (C=O) groups is 2. The summed E-state index contributed by atoms with van der Waals surface area (Å²) in [5.74, 6) is -3.09. The molecule has 1 heterocycles. The van der Waals surface area contributed by atoms with Crippen LogP contribution in [0.3, 0.4) is 0 Å². The topological polar surface area (TPSA) is 85.9 Å². The molecular weight excluding hydrogens is 417 g/mol. The van der Waals surface area contributed by atoms with Crippen molar-refractivity contribution < 1.29 is 37.0 Å². The van der Waals surface area contributed by atoms with Gasteiger partial charge in [0.05, 0.1) is 12.7 Å². The maximum absolute atomic E-state index is 13.1. The summed E-state index contributed by atoms with van der Waals surface area (Å²) >= 11 is 0. The molecule has 0 aromatic heterocycles. The zero-order valence-corrected chi connectivity index (χ0v) is 16.8. The van der Waals surface area contributed by atoms with E-state index in [0.29, 0.717) is 11.4 Å². The Morgan fingerprint density at radius 2 is 1.52 bits per heavy atom. The maximum Gasteiger partial charge on any atom is 0.416 e. The molecule has 0 saturated carbocycles. The Kier molecular flexibility index (Phi) is 5.83. The number of methoxy groups -OCH3 is 1. The summed E-state index contributed by atoms with van der Waals surface area (Å²) < 4.78 is 54.5. The van der Waals surface area contributed by atoms with Gasteiger partial charge in [0.1, 0.15) is 11.6 Å². The molecule has 10 heteroatoms. The van der Waals surface area contributed by atoms with Gasteiger partial charge in [-0.2, -0.15) is 13.2 Å². The SMILES string of the molecule is COc1ccc(NC(Nc2cccc(C(F)(F)F)c2)=C2C(=O)OC(C)(C)OC2=O)cc1. The van der Waals surface area contributed by atoms with Crippen molar-refractivity contribution in [3.05, 3.63) is 65.5 Å². The highest BCUT2D eigenvalue weighted by Crippen LogP contribution is 2.32. The van der Waals surface area contributed by atoms with Gasteiger partial charge in [0.25, 0.3) is 5.79 Å². The van der Waals surface area contributed by atoms with Crippen molar-refractivity contribution in [1.82, 2.24) is 0 Å². The van der Waals surface area contributed by atoms with Gasteiger partial charge in [0.15, 0.2) is 5.57 Å². The van der Waals surface area contributed by atoms with Crippen LogP contribution in [0.5, 0.6) is 5.75 Å². The monoisotopic (exact) mass is 436 g/mol. The largest absolute Gasteiger partial charge is 0.497 e. The van der Waals surface area contributed by atoms with E-state index >= 15 is 0 Å². The van der Waals surface area contributed by atoms with E-state index in [0.717, 1.165) is 12.1 Å². The molecule has 2 N–H and O–H groups in total. The first-order valence-electron chi connectivity index (χ1n) is 9.05. The van der Waals surface area contributed by atoms with E-state index in [1.165, 1.54) is 33.1 Å². The fourth-order valence-corrected chi connectivity index (χ4v) is 2.75. The minimum absolute atomic E-state index is 0.0104. The van der Waals surface area contributed by atoms with Crippen LogP contribution in [0.1, 0.15) is 19.4 Å². The Morgan fingerprint density at radius 3 is 2.06 bits per heavy atom. The Balaban J connectivity index is 2.02. The number of hydrogen-bond donors (Lipinski definition) is 2. The van der Waals surface area contributed by atoms with E-state index < -0.39 is 35.0 Å². The van der Waals surface area contributed by atoms with Crippen LogP contribution in [0, 0.1) is 0 Å². The third-order valence-corrected chi connectivity index (χ3v) is 4.15. The van der Waals surface area contributed by atoms with Crippen LogP contribution in [0.4, 0.5) is 24.5 Å². The van der Waals surface area contributed by atoms with Gasteiger partial charge < -0.3 is 24.8 Å². The number of carbonyl (C=O) groups excluding carboxylic acids is 2. The minimum atomic E-state index is -4.57. The van der Waals surface area contributed by atoms with Crippen LogP contribution in [0.25, 0.3) is 0 Å². The predicted molar refractivity (Wildman–Crippen MR) is 105 cm³/mol. The van der Waals surface area contributed by atoms with E-state index in [1.807, 2.05) is 0 Å². The fraction of sp³-hybridized carbons (Fsp3) is 0.238. The molecule has 0 radical (unpaired) electrons. The second kappa shape index (κ2) is 8.21. The molecule has 2 aromatic carbocycles. The van der Waals surface area contributed by atoms with E-state index in [1.54, 1.807) is 24.3 Å². The number of rotatable bonds is 5. The van der Waals surface area contributed by atoms with Crippen LogP contribution in [-0.4, -0.2) is 24.8 Å². The third kappa shape index (κ3) is 5.27. The summed E-state index contributed by atoms with van der Waals surface area (Å²) in [5, 5.41) is 5.49. The third-order valence-electron chi connectivity index (χ3n) is 4.15. The summed E-state index contributed by atoms with van der Waals surface area (Å²) in [4.78, 5) is 25.0. The zero-order valence-electron chi connectivity index (χ0n) is 16.8. The molecule has 0 aliphatic carbocycles. The zero-order chi connectivity index (χ0) is 22.8. The molecule has 164 valence electrons. The second-order valence-electron chi connectivity index (χ2n) is 6.99. The van der Waals surface area contributed by atoms with Gasteiger partial charge in [-0.3, -0.25) is 0 Å². The van der Waals surface area contributed by atoms with Crippen LogP contribution in [0.15, 0.2) is 59.9 Å². The highest BCUT2D eigenvalue weighted by atomic mass is 19.4. The first-order valence-corrected chi connectivity index (χ1v) is 9.05. The molecule has 0 atom stereocenters. The van der Waals surface area contributed by atoms with Crippen molar-refractivity contribution in [2.24, 2.45) is 0 Å². The molecule has 0 unspecified atom stereocenters. The Hall–Kier alpha value is -3.69. The molecule has 1 aliphatic rings. The van der Waals surface area contributed by atoms with E-state index in [4.69, 9.17) is 14.2 Å². The van der Waals surface area contributed by atoms with E-state index in [9.17, 15) is 22.8 Å². The summed E-state index contributed by atoms with van der Waals surface area (Å²) in [6, 6.07) is 10.7. The molecule has 1 saturated heterocycles. The van der Waals surface area contributed by atoms with E-state index in [-0.39, 0.29) is 11.5 Å². The summed E-state index contributed by atoms with van der Waals surface area (Å²) in [5.41, 5.74) is -1.01. The van der Waals surface area contributed by atoms with Crippen molar-refractivity contribution in [1.29, 1.82) is 0 Å². The minimum Gasteiger partial charge on any atom is -0.497 e. The van der Waals surface area contributed by atoms with E-state index in [2.05, 4.69) is 10.6 Å². The summed E-state index contributed by atoms with van der Waals surface area (Å²) in [6.45, 7) is 2.77. The molecule has 31 heavy (non-hydrogen) atoms. The highest BCUT2D eigenvalue weighted by molar-refractivity contribution is 6.16. The van der Waals surface area contributed by atoms with Gasteiger partial charge >= 0.3 is 18.1 Å². The van der Waals surface area contributed by atoms with Gasteiger partial charge in [-0.25, -0.2) is 9.59 Å². The standard InChI is InChI=1S/C21H19F3N2O5/c1-20(2)30-18(27)16(19(28)31-20)17(25-13-7-9-15(29-3)10-8-13)26-14-6-4-5-12(11-14)21(22,23)24/h4-11,25-26H,1-3H3. The molecule has 1 aliphatic heterocycles. The molecule has 0 amide bonds. The quantitative estimate of drug-likeness (QED) is 0.411. The summed E-state index contributed by atoms with van der Waals surface area (Å²) in [7, 11) is 1.49. The molecule has 1 fully saturated rings. The van der Waals surface area contributed by atoms with Crippen molar-refractivity contribution >= 4 is 23.3 Å². The number of cyclic esters (lactones) is 2. The molecule has 0 spiro atoms. The van der Waals surface area contributed by atoms with Gasteiger partial charge in [-0.1, -0.05) is 6.07 Å². The van der Waals surface area contributed by atoms with Gasteiger partial charge in [-0.05, 0) is 42.5 Å². The lowest BCUT2D eigenvalue weighted by Crippen LogP contribution is -2.43. The Bertz CT molecular complexity index is 1010. The predicted octanol–water partition coefficient (Wildman–Crippen LogP) is 4.29. The summed E-state index contributed by atoms with van der Waals surface area (Å²) in [6.07, 6.45) is -4.57. The number of halogens is 3. The molecule has 2 aromatic rings. The van der Waals surface area contributed by atoms with Crippen molar-refractivity contribution in [2.45, 2.75) is 25.8 Å². The Morgan fingerprint density at radius 1 is 0.935 bits per heavy atom. The maximum atomic E-state index is 13.1. The molecule has 3 rings (SSSR count). The van der Waals surface area contributed by atoms with Gasteiger partial charge in [0.2, 0.25) is 0 Å². The number of esters is 2.